The first-order valence-electron chi connectivity index (χ1n) is 4.19. The van der Waals surface area contributed by atoms with Crippen LogP contribution in [-0.4, -0.2) is 16.8 Å². The van der Waals surface area contributed by atoms with E-state index in [2.05, 4.69) is 26.7 Å². The van der Waals surface area contributed by atoms with E-state index in [0.29, 0.717) is 6.54 Å². The molecule has 1 aromatic carbocycles. The Balaban J connectivity index is 2.00. The van der Waals surface area contributed by atoms with E-state index in [1.807, 2.05) is 22.5 Å². The summed E-state index contributed by atoms with van der Waals surface area (Å²) < 4.78 is 5.75. The summed E-state index contributed by atoms with van der Waals surface area (Å²) in [5.41, 5.74) is 1.20. The lowest BCUT2D eigenvalue weighted by Gasteiger charge is -2.10. The summed E-state index contributed by atoms with van der Waals surface area (Å²) in [6.45, 7) is 1.25. The zero-order valence-corrected chi connectivity index (χ0v) is 9.77. The maximum Gasteiger partial charge on any atom is 0.246 e. The van der Waals surface area contributed by atoms with Crippen molar-refractivity contribution in [1.29, 1.82) is 0 Å². The number of nitrogens with one attached hydrogen (secondary N) is 1. The Labute approximate surface area is 95.3 Å². The number of hydrogen-bond donors (Lipinski definition) is 1. The number of nitrogens with zero attached hydrogens (tertiary/aromatic N) is 1. The first kappa shape index (κ1) is 10.0. The van der Waals surface area contributed by atoms with E-state index in [9.17, 15) is 4.79 Å². The van der Waals surface area contributed by atoms with Crippen LogP contribution in [0, 0.1) is 0 Å². The topological polar surface area (TPSA) is 32.3 Å². The highest BCUT2D eigenvalue weighted by Crippen LogP contribution is 2.18. The molecule has 1 heterocycles. The van der Waals surface area contributed by atoms with Crippen LogP contribution in [0.2, 0.25) is 0 Å². The Hall–Kier alpha value is -0.520. The number of halogens is 1. The number of rotatable bonds is 2. The Bertz CT molecular complexity index is 358. The van der Waals surface area contributed by atoms with Gasteiger partial charge in [-0.2, -0.15) is 0 Å². The molecule has 1 N–H and O–H groups in total. The molecule has 1 aliphatic rings. The van der Waals surface area contributed by atoms with Gasteiger partial charge in [0.15, 0.2) is 0 Å². The second kappa shape index (κ2) is 4.33. The maximum absolute atomic E-state index is 10.9. The van der Waals surface area contributed by atoms with Crippen molar-refractivity contribution in [2.45, 2.75) is 6.54 Å². The predicted molar refractivity (Wildman–Crippen MR) is 60.3 cm³/mol. The molecule has 1 fully saturated rings. The third kappa shape index (κ3) is 2.50. The van der Waals surface area contributed by atoms with Crippen LogP contribution in [0.25, 0.3) is 0 Å². The van der Waals surface area contributed by atoms with E-state index in [1.165, 1.54) is 17.7 Å². The quantitative estimate of drug-likeness (QED) is 0.836. The normalized spacial score (nSPS) is 17.1. The maximum atomic E-state index is 10.9. The fraction of sp³-hybridized carbons (Fsp3) is 0.222. The van der Waals surface area contributed by atoms with Crippen molar-refractivity contribution in [2.24, 2.45) is 0 Å². The van der Waals surface area contributed by atoms with Crippen LogP contribution in [0.5, 0.6) is 0 Å². The van der Waals surface area contributed by atoms with Gasteiger partial charge in [0.2, 0.25) is 5.91 Å². The standard InChI is InChI=1S/C9H9BrN2OS/c10-8-3-1-2-7(4-8)5-12-6-9(13)11-14-12/h1-4H,5-6H2,(H,11,13). The summed E-state index contributed by atoms with van der Waals surface area (Å²) in [5, 5.41) is 0. The lowest BCUT2D eigenvalue weighted by atomic mass is 10.2. The molecule has 1 saturated heterocycles. The number of amides is 1. The van der Waals surface area contributed by atoms with Crippen LogP contribution in [0.3, 0.4) is 0 Å². The molecule has 74 valence electrons. The fourth-order valence-corrected chi connectivity index (χ4v) is 2.40. The van der Waals surface area contributed by atoms with Crippen LogP contribution in [0.1, 0.15) is 5.56 Å². The van der Waals surface area contributed by atoms with E-state index in [1.54, 1.807) is 0 Å². The summed E-state index contributed by atoms with van der Waals surface area (Å²) in [4.78, 5) is 10.9. The van der Waals surface area contributed by atoms with Crippen LogP contribution >= 0.6 is 28.1 Å². The van der Waals surface area contributed by atoms with Gasteiger partial charge in [0.05, 0.1) is 6.54 Å². The van der Waals surface area contributed by atoms with E-state index in [4.69, 9.17) is 0 Å². The Morgan fingerprint density at radius 3 is 3.07 bits per heavy atom. The van der Waals surface area contributed by atoms with Crippen molar-refractivity contribution >= 4 is 34.0 Å². The van der Waals surface area contributed by atoms with Crippen LogP contribution in [-0.2, 0) is 11.3 Å². The molecule has 1 aromatic rings. The molecule has 0 unspecified atom stereocenters. The molecule has 3 nitrogen and oxygen atoms in total. The lowest BCUT2D eigenvalue weighted by Crippen LogP contribution is -2.15. The van der Waals surface area contributed by atoms with E-state index in [0.717, 1.165) is 11.0 Å². The largest absolute Gasteiger partial charge is 0.286 e. The monoisotopic (exact) mass is 272 g/mol. The van der Waals surface area contributed by atoms with Gasteiger partial charge in [0, 0.05) is 23.2 Å². The first-order valence-corrected chi connectivity index (χ1v) is 5.76. The average molecular weight is 273 g/mol. The molecule has 5 heteroatoms. The minimum atomic E-state index is 0.0741. The molecule has 0 atom stereocenters. The number of hydrogen-bond acceptors (Lipinski definition) is 3. The zero-order chi connectivity index (χ0) is 9.97. The van der Waals surface area contributed by atoms with Crippen LogP contribution < -0.4 is 4.72 Å². The van der Waals surface area contributed by atoms with Gasteiger partial charge in [-0.15, -0.1) is 0 Å². The smallest absolute Gasteiger partial charge is 0.246 e. The molecule has 1 amide bonds. The molecule has 0 radical (unpaired) electrons. The fourth-order valence-electron chi connectivity index (χ4n) is 1.27. The Morgan fingerprint density at radius 1 is 1.57 bits per heavy atom. The highest BCUT2D eigenvalue weighted by atomic mass is 79.9. The van der Waals surface area contributed by atoms with Gasteiger partial charge in [0.1, 0.15) is 0 Å². The molecule has 0 bridgehead atoms. The van der Waals surface area contributed by atoms with Crippen molar-refractivity contribution in [1.82, 2.24) is 9.03 Å². The van der Waals surface area contributed by atoms with Gasteiger partial charge in [-0.25, -0.2) is 4.31 Å². The van der Waals surface area contributed by atoms with Crippen LogP contribution in [0.15, 0.2) is 28.7 Å². The second-order valence-corrected chi connectivity index (χ2v) is 4.86. The number of carbonyl (C=O) groups is 1. The zero-order valence-electron chi connectivity index (χ0n) is 7.37. The van der Waals surface area contributed by atoms with Crippen LogP contribution in [0.4, 0.5) is 0 Å². The van der Waals surface area contributed by atoms with E-state index >= 15 is 0 Å². The van der Waals surface area contributed by atoms with Gasteiger partial charge >= 0.3 is 0 Å². The van der Waals surface area contributed by atoms with E-state index < -0.39 is 0 Å². The van der Waals surface area contributed by atoms with E-state index in [-0.39, 0.29) is 5.91 Å². The second-order valence-electron chi connectivity index (χ2n) is 3.04. The Morgan fingerprint density at radius 2 is 2.43 bits per heavy atom. The lowest BCUT2D eigenvalue weighted by molar-refractivity contribution is -0.118. The number of carbonyl (C=O) groups excluding carboxylic acids is 1. The summed E-state index contributed by atoms with van der Waals surface area (Å²) in [6, 6.07) is 8.09. The summed E-state index contributed by atoms with van der Waals surface area (Å²) >= 11 is 4.79. The molecule has 2 rings (SSSR count). The van der Waals surface area contributed by atoms with Crippen molar-refractivity contribution in [2.75, 3.05) is 6.54 Å². The van der Waals surface area contributed by atoms with Crippen molar-refractivity contribution in [3.63, 3.8) is 0 Å². The van der Waals surface area contributed by atoms with Gasteiger partial charge in [-0.05, 0) is 17.7 Å². The average Bonchev–Trinajstić information content (AvgIpc) is 2.51. The van der Waals surface area contributed by atoms with Gasteiger partial charge < -0.3 is 0 Å². The molecular weight excluding hydrogens is 264 g/mol. The number of benzene rings is 1. The third-order valence-corrected chi connectivity index (χ3v) is 3.19. The molecule has 0 spiro atoms. The van der Waals surface area contributed by atoms with Gasteiger partial charge in [-0.3, -0.25) is 9.52 Å². The minimum absolute atomic E-state index is 0.0741. The summed E-state index contributed by atoms with van der Waals surface area (Å²) in [7, 11) is 0. The molecule has 0 aliphatic carbocycles. The third-order valence-electron chi connectivity index (χ3n) is 1.86. The van der Waals surface area contributed by atoms with Gasteiger partial charge in [-0.1, -0.05) is 28.1 Å². The molecule has 14 heavy (non-hydrogen) atoms. The van der Waals surface area contributed by atoms with Crippen molar-refractivity contribution in [3.8, 4) is 0 Å². The molecule has 0 saturated carbocycles. The first-order chi connectivity index (χ1) is 6.74. The Kier molecular flexibility index (Phi) is 3.10. The summed E-state index contributed by atoms with van der Waals surface area (Å²) in [5.74, 6) is 0.0741. The summed E-state index contributed by atoms with van der Waals surface area (Å²) in [6.07, 6.45) is 0. The molecular formula is C9H9BrN2OS. The highest BCUT2D eigenvalue weighted by Gasteiger charge is 2.19. The molecule has 1 aliphatic heterocycles. The van der Waals surface area contributed by atoms with Gasteiger partial charge in [0.25, 0.3) is 0 Å². The minimum Gasteiger partial charge on any atom is -0.286 e. The SMILES string of the molecule is O=C1CN(Cc2cccc(Br)c2)SN1. The van der Waals surface area contributed by atoms with Crippen molar-refractivity contribution in [3.05, 3.63) is 34.3 Å². The highest BCUT2D eigenvalue weighted by molar-refractivity contribution is 9.10. The molecule has 0 aromatic heterocycles. The van der Waals surface area contributed by atoms with Crippen molar-refractivity contribution < 1.29 is 4.79 Å². The predicted octanol–water partition coefficient (Wildman–Crippen LogP) is 1.94.